The summed E-state index contributed by atoms with van der Waals surface area (Å²) >= 11 is 1.39. The Bertz CT molecular complexity index is 868. The minimum absolute atomic E-state index is 0.101. The Labute approximate surface area is 150 Å². The van der Waals surface area contributed by atoms with E-state index in [9.17, 15) is 13.2 Å². The van der Waals surface area contributed by atoms with Crippen LogP contribution in [0.15, 0.2) is 15.6 Å². The summed E-state index contributed by atoms with van der Waals surface area (Å²) in [4.78, 5) is 17.7. The zero-order valence-corrected chi connectivity index (χ0v) is 15.9. The molecule has 25 heavy (non-hydrogen) atoms. The summed E-state index contributed by atoms with van der Waals surface area (Å²) in [7, 11) is -3.73. The normalized spacial score (nSPS) is 19.1. The number of sulfonamides is 1. The lowest BCUT2D eigenvalue weighted by molar-refractivity contribution is -0.120. The lowest BCUT2D eigenvalue weighted by Gasteiger charge is -2.30. The Morgan fingerprint density at radius 3 is 2.76 bits per heavy atom. The quantitative estimate of drug-likeness (QED) is 0.865. The number of amides is 1. The van der Waals surface area contributed by atoms with Crippen LogP contribution in [-0.2, 0) is 14.8 Å². The molecule has 1 aliphatic heterocycles. The van der Waals surface area contributed by atoms with Crippen LogP contribution in [0.3, 0.4) is 0 Å². The van der Waals surface area contributed by atoms with Gasteiger partial charge in [0.05, 0.1) is 5.92 Å². The molecule has 10 heteroatoms. The van der Waals surface area contributed by atoms with E-state index in [0.717, 1.165) is 4.88 Å². The summed E-state index contributed by atoms with van der Waals surface area (Å²) in [5.74, 6) is -0.344. The van der Waals surface area contributed by atoms with E-state index >= 15 is 0 Å². The van der Waals surface area contributed by atoms with Gasteiger partial charge >= 0.3 is 0 Å². The van der Waals surface area contributed by atoms with Crippen LogP contribution in [0.4, 0.5) is 5.13 Å². The fourth-order valence-electron chi connectivity index (χ4n) is 2.97. The van der Waals surface area contributed by atoms with Crippen molar-refractivity contribution in [2.45, 2.75) is 38.5 Å². The second-order valence-corrected chi connectivity index (χ2v) is 9.23. The predicted octanol–water partition coefficient (Wildman–Crippen LogP) is 2.10. The maximum Gasteiger partial charge on any atom is 0.248 e. The number of nitrogens with one attached hydrogen (secondary N) is 1. The number of carbonyl (C=O) groups excluding carboxylic acids is 1. The largest absolute Gasteiger partial charge is 0.360 e. The second-order valence-electron chi connectivity index (χ2n) is 6.12. The van der Waals surface area contributed by atoms with E-state index in [1.807, 2.05) is 6.92 Å². The second kappa shape index (κ2) is 6.85. The maximum atomic E-state index is 12.9. The van der Waals surface area contributed by atoms with Crippen LogP contribution in [0.1, 0.15) is 29.2 Å². The van der Waals surface area contributed by atoms with E-state index < -0.39 is 15.9 Å². The van der Waals surface area contributed by atoms with Crippen LogP contribution in [0, 0.1) is 26.7 Å². The number of piperidine rings is 1. The SMILES string of the molecule is Cc1cnc(NC(=O)C2CCCN(S(=O)(=O)c3c(C)noc3C)C2)s1. The lowest BCUT2D eigenvalue weighted by atomic mass is 9.99. The molecule has 2 aromatic rings. The molecular weight excluding hydrogens is 364 g/mol. The number of aryl methyl sites for hydroxylation is 3. The third-order valence-electron chi connectivity index (χ3n) is 4.17. The number of rotatable bonds is 4. The average molecular weight is 384 g/mol. The molecule has 0 radical (unpaired) electrons. The molecule has 2 aromatic heterocycles. The predicted molar refractivity (Wildman–Crippen MR) is 92.9 cm³/mol. The molecule has 0 aromatic carbocycles. The molecule has 1 atom stereocenters. The Morgan fingerprint density at radius 2 is 2.16 bits per heavy atom. The fourth-order valence-corrected chi connectivity index (χ4v) is 5.45. The Morgan fingerprint density at radius 1 is 1.40 bits per heavy atom. The van der Waals surface area contributed by atoms with Crippen molar-refractivity contribution in [3.63, 3.8) is 0 Å². The molecule has 0 spiro atoms. The van der Waals surface area contributed by atoms with E-state index in [-0.39, 0.29) is 23.1 Å². The maximum absolute atomic E-state index is 12.9. The first-order chi connectivity index (χ1) is 11.8. The zero-order chi connectivity index (χ0) is 18.2. The van der Waals surface area contributed by atoms with Crippen molar-refractivity contribution >= 4 is 32.4 Å². The smallest absolute Gasteiger partial charge is 0.248 e. The summed E-state index contributed by atoms with van der Waals surface area (Å²) in [6.45, 7) is 5.61. The minimum Gasteiger partial charge on any atom is -0.360 e. The first-order valence-corrected chi connectivity index (χ1v) is 10.2. The topological polar surface area (TPSA) is 105 Å². The van der Waals surface area contributed by atoms with Gasteiger partial charge in [0.25, 0.3) is 0 Å². The molecule has 0 bridgehead atoms. The van der Waals surface area contributed by atoms with Gasteiger partial charge in [0.2, 0.25) is 15.9 Å². The molecule has 1 unspecified atom stereocenters. The molecule has 8 nitrogen and oxygen atoms in total. The van der Waals surface area contributed by atoms with Gasteiger partial charge in [-0.2, -0.15) is 4.31 Å². The number of hydrogen-bond acceptors (Lipinski definition) is 7. The van der Waals surface area contributed by atoms with Crippen LogP contribution in [-0.4, -0.2) is 41.9 Å². The number of nitrogens with zero attached hydrogens (tertiary/aromatic N) is 3. The lowest BCUT2D eigenvalue weighted by Crippen LogP contribution is -2.43. The number of anilines is 1. The molecule has 1 saturated heterocycles. The van der Waals surface area contributed by atoms with Gasteiger partial charge in [0.1, 0.15) is 10.6 Å². The van der Waals surface area contributed by atoms with E-state index in [1.54, 1.807) is 20.0 Å². The third-order valence-corrected chi connectivity index (χ3v) is 7.11. The van der Waals surface area contributed by atoms with Crippen molar-refractivity contribution in [2.24, 2.45) is 5.92 Å². The van der Waals surface area contributed by atoms with Gasteiger partial charge in [-0.15, -0.1) is 11.3 Å². The monoisotopic (exact) mass is 384 g/mol. The van der Waals surface area contributed by atoms with E-state index in [1.165, 1.54) is 15.6 Å². The number of hydrogen-bond donors (Lipinski definition) is 1. The highest BCUT2D eigenvalue weighted by atomic mass is 32.2. The van der Waals surface area contributed by atoms with Crippen LogP contribution >= 0.6 is 11.3 Å². The van der Waals surface area contributed by atoms with Crippen LogP contribution in [0.2, 0.25) is 0 Å². The molecule has 3 rings (SSSR count). The highest BCUT2D eigenvalue weighted by Crippen LogP contribution is 2.28. The van der Waals surface area contributed by atoms with Crippen LogP contribution in [0.25, 0.3) is 0 Å². The van der Waals surface area contributed by atoms with Crippen molar-refractivity contribution in [3.05, 3.63) is 22.5 Å². The Hall–Kier alpha value is -1.78. The standard InChI is InChI=1S/C15H20N4O4S2/c1-9-7-16-15(24-9)17-14(20)12-5-4-6-19(8-12)25(21,22)13-10(2)18-23-11(13)3/h7,12H,4-6,8H2,1-3H3,(H,16,17,20). The number of carbonyl (C=O) groups is 1. The molecule has 1 fully saturated rings. The van der Waals surface area contributed by atoms with E-state index in [4.69, 9.17) is 4.52 Å². The molecule has 1 aliphatic rings. The molecule has 0 aliphatic carbocycles. The summed E-state index contributed by atoms with van der Waals surface area (Å²) in [6, 6.07) is 0. The summed E-state index contributed by atoms with van der Waals surface area (Å²) in [6.07, 6.45) is 2.96. The van der Waals surface area contributed by atoms with Crippen LogP contribution in [0.5, 0.6) is 0 Å². The van der Waals surface area contributed by atoms with Gasteiger partial charge in [0.15, 0.2) is 10.9 Å². The van der Waals surface area contributed by atoms with Crippen molar-refractivity contribution in [3.8, 4) is 0 Å². The minimum atomic E-state index is -3.73. The van der Waals surface area contributed by atoms with Gasteiger partial charge in [-0.3, -0.25) is 4.79 Å². The van der Waals surface area contributed by atoms with Gasteiger partial charge in [-0.25, -0.2) is 13.4 Å². The molecular formula is C15H20N4O4S2. The highest BCUT2D eigenvalue weighted by Gasteiger charge is 2.36. The Kier molecular flexibility index (Phi) is 4.94. The zero-order valence-electron chi connectivity index (χ0n) is 14.3. The first-order valence-electron chi connectivity index (χ1n) is 7.95. The molecule has 136 valence electrons. The summed E-state index contributed by atoms with van der Waals surface area (Å²) in [5.41, 5.74) is 0.335. The van der Waals surface area contributed by atoms with Crippen molar-refractivity contribution in [1.29, 1.82) is 0 Å². The third kappa shape index (κ3) is 3.60. The summed E-state index contributed by atoms with van der Waals surface area (Å²) in [5, 5.41) is 7.04. The summed E-state index contributed by atoms with van der Waals surface area (Å²) < 4.78 is 32.1. The molecule has 1 N–H and O–H groups in total. The molecule has 1 amide bonds. The van der Waals surface area contributed by atoms with Gasteiger partial charge in [0, 0.05) is 24.2 Å². The van der Waals surface area contributed by atoms with Gasteiger partial charge in [-0.1, -0.05) is 5.16 Å². The Balaban J connectivity index is 1.75. The number of thiazole rings is 1. The average Bonchev–Trinajstić information content (AvgIpc) is 3.13. The van der Waals surface area contributed by atoms with Crippen molar-refractivity contribution in [2.75, 3.05) is 18.4 Å². The molecule has 3 heterocycles. The van der Waals surface area contributed by atoms with E-state index in [2.05, 4.69) is 15.5 Å². The fraction of sp³-hybridized carbons (Fsp3) is 0.533. The first kappa shape index (κ1) is 18.0. The highest BCUT2D eigenvalue weighted by molar-refractivity contribution is 7.89. The van der Waals surface area contributed by atoms with Crippen LogP contribution < -0.4 is 5.32 Å². The molecule has 0 saturated carbocycles. The van der Waals surface area contributed by atoms with Crippen molar-refractivity contribution in [1.82, 2.24) is 14.4 Å². The van der Waals surface area contributed by atoms with Gasteiger partial charge < -0.3 is 9.84 Å². The van der Waals surface area contributed by atoms with Crippen molar-refractivity contribution < 1.29 is 17.7 Å². The van der Waals surface area contributed by atoms with E-state index in [0.29, 0.717) is 30.2 Å². The van der Waals surface area contributed by atoms with Gasteiger partial charge in [-0.05, 0) is 33.6 Å². The number of aromatic nitrogens is 2.